The van der Waals surface area contributed by atoms with Crippen LogP contribution in [0.5, 0.6) is 0 Å². The second-order valence-electron chi connectivity index (χ2n) is 4.64. The summed E-state index contributed by atoms with van der Waals surface area (Å²) in [6.45, 7) is 4.14. The summed E-state index contributed by atoms with van der Waals surface area (Å²) in [4.78, 5) is 22.0. The molecule has 0 aliphatic heterocycles. The van der Waals surface area contributed by atoms with Crippen molar-refractivity contribution in [1.82, 2.24) is 0 Å². The molecule has 1 rings (SSSR count). The number of nitrogens with one attached hydrogen (secondary N) is 1. The van der Waals surface area contributed by atoms with Crippen LogP contribution in [0.2, 0.25) is 0 Å². The molecule has 0 aliphatic carbocycles. The molecule has 0 spiro atoms. The lowest BCUT2D eigenvalue weighted by Crippen LogP contribution is -2.11. The zero-order valence-corrected chi connectivity index (χ0v) is 11.5. The number of rotatable bonds is 7. The zero-order valence-electron chi connectivity index (χ0n) is 11.5. The Morgan fingerprint density at radius 2 is 1.89 bits per heavy atom. The van der Waals surface area contributed by atoms with E-state index in [-0.39, 0.29) is 12.3 Å². The standard InChI is InChI=1S/C15H21NO3/c1-3-12-10-13(9-8-11(12)2)16-14(17)6-4-5-7-15(18)19/h8-10H,3-7H2,1-2H3,(H,16,17)(H,18,19). The normalized spacial score (nSPS) is 10.2. The van der Waals surface area contributed by atoms with Crippen molar-refractivity contribution in [3.05, 3.63) is 29.3 Å². The van der Waals surface area contributed by atoms with Crippen molar-refractivity contribution < 1.29 is 14.7 Å². The molecule has 104 valence electrons. The van der Waals surface area contributed by atoms with E-state index in [4.69, 9.17) is 5.11 Å². The van der Waals surface area contributed by atoms with Gasteiger partial charge in [-0.05, 0) is 49.4 Å². The number of hydrogen-bond donors (Lipinski definition) is 2. The van der Waals surface area contributed by atoms with E-state index in [1.165, 1.54) is 11.1 Å². The molecule has 0 radical (unpaired) electrons. The minimum atomic E-state index is -0.813. The summed E-state index contributed by atoms with van der Waals surface area (Å²) in [6, 6.07) is 5.88. The molecule has 4 heteroatoms. The molecule has 0 heterocycles. The van der Waals surface area contributed by atoms with E-state index in [1.54, 1.807) is 0 Å². The lowest BCUT2D eigenvalue weighted by molar-refractivity contribution is -0.137. The molecule has 0 atom stereocenters. The molecule has 0 aliphatic rings. The molecule has 0 fully saturated rings. The van der Waals surface area contributed by atoms with E-state index in [2.05, 4.69) is 19.2 Å². The van der Waals surface area contributed by atoms with E-state index < -0.39 is 5.97 Å². The van der Waals surface area contributed by atoms with E-state index in [0.29, 0.717) is 19.3 Å². The number of carbonyl (C=O) groups excluding carboxylic acids is 1. The third-order valence-corrected chi connectivity index (χ3v) is 3.06. The first-order valence-electron chi connectivity index (χ1n) is 6.64. The quantitative estimate of drug-likeness (QED) is 0.743. The lowest BCUT2D eigenvalue weighted by atomic mass is 10.1. The Bertz CT molecular complexity index is 455. The highest BCUT2D eigenvalue weighted by Gasteiger charge is 2.05. The van der Waals surface area contributed by atoms with Crippen LogP contribution in [-0.4, -0.2) is 17.0 Å². The Hall–Kier alpha value is -1.84. The molecule has 1 amide bonds. The third kappa shape index (κ3) is 5.55. The highest BCUT2D eigenvalue weighted by atomic mass is 16.4. The van der Waals surface area contributed by atoms with Crippen molar-refractivity contribution in [1.29, 1.82) is 0 Å². The van der Waals surface area contributed by atoms with E-state index >= 15 is 0 Å². The number of carboxylic acids is 1. The smallest absolute Gasteiger partial charge is 0.303 e. The molecule has 4 nitrogen and oxygen atoms in total. The SMILES string of the molecule is CCc1cc(NC(=O)CCCCC(=O)O)ccc1C. The third-order valence-electron chi connectivity index (χ3n) is 3.06. The minimum absolute atomic E-state index is 0.0590. The van der Waals surface area contributed by atoms with Crippen molar-refractivity contribution in [2.24, 2.45) is 0 Å². The number of benzene rings is 1. The van der Waals surface area contributed by atoms with Gasteiger partial charge in [0, 0.05) is 18.5 Å². The first-order valence-corrected chi connectivity index (χ1v) is 6.64. The Morgan fingerprint density at radius 3 is 2.53 bits per heavy atom. The van der Waals surface area contributed by atoms with Gasteiger partial charge >= 0.3 is 5.97 Å². The van der Waals surface area contributed by atoms with Gasteiger partial charge in [0.2, 0.25) is 5.91 Å². The highest BCUT2D eigenvalue weighted by molar-refractivity contribution is 5.90. The molecule has 1 aromatic carbocycles. The van der Waals surface area contributed by atoms with Crippen molar-refractivity contribution >= 4 is 17.6 Å². The van der Waals surface area contributed by atoms with Crippen LogP contribution in [0, 0.1) is 6.92 Å². The van der Waals surface area contributed by atoms with Gasteiger partial charge in [0.05, 0.1) is 0 Å². The number of carboxylic acid groups (broad SMARTS) is 1. The van der Waals surface area contributed by atoms with Crippen molar-refractivity contribution in [3.8, 4) is 0 Å². The Balaban J connectivity index is 2.42. The molecule has 2 N–H and O–H groups in total. The first kappa shape index (κ1) is 15.2. The number of carbonyl (C=O) groups is 2. The van der Waals surface area contributed by atoms with Crippen LogP contribution in [0.4, 0.5) is 5.69 Å². The van der Waals surface area contributed by atoms with Crippen LogP contribution in [0.15, 0.2) is 18.2 Å². The van der Waals surface area contributed by atoms with Crippen molar-refractivity contribution in [2.45, 2.75) is 46.0 Å². The van der Waals surface area contributed by atoms with Crippen molar-refractivity contribution in [2.75, 3.05) is 5.32 Å². The topological polar surface area (TPSA) is 66.4 Å². The number of aliphatic carboxylic acids is 1. The van der Waals surface area contributed by atoms with Gasteiger partial charge in [-0.3, -0.25) is 9.59 Å². The summed E-state index contributed by atoms with van der Waals surface area (Å²) in [5.74, 6) is -0.872. The zero-order chi connectivity index (χ0) is 14.3. The first-order chi connectivity index (χ1) is 9.02. The Morgan fingerprint density at radius 1 is 1.21 bits per heavy atom. The molecule has 19 heavy (non-hydrogen) atoms. The van der Waals surface area contributed by atoms with Crippen molar-refractivity contribution in [3.63, 3.8) is 0 Å². The summed E-state index contributed by atoms with van der Waals surface area (Å²) in [7, 11) is 0. The van der Waals surface area contributed by atoms with Crippen LogP contribution in [0.3, 0.4) is 0 Å². The predicted octanol–water partition coefficient (Wildman–Crippen LogP) is 3.14. The number of unbranched alkanes of at least 4 members (excludes halogenated alkanes) is 1. The minimum Gasteiger partial charge on any atom is -0.481 e. The number of hydrogen-bond acceptors (Lipinski definition) is 2. The fraction of sp³-hybridized carbons (Fsp3) is 0.467. The average Bonchev–Trinajstić information content (AvgIpc) is 2.37. The van der Waals surface area contributed by atoms with E-state index in [1.807, 2.05) is 18.2 Å². The van der Waals surface area contributed by atoms with Crippen LogP contribution >= 0.6 is 0 Å². The Kier molecular flexibility index (Phi) is 6.06. The average molecular weight is 263 g/mol. The number of aryl methyl sites for hydroxylation is 2. The summed E-state index contributed by atoms with van der Waals surface area (Å²) in [5, 5.41) is 11.3. The van der Waals surface area contributed by atoms with Gasteiger partial charge in [0.15, 0.2) is 0 Å². The van der Waals surface area contributed by atoms with Crippen LogP contribution < -0.4 is 5.32 Å². The molecule has 0 aromatic heterocycles. The monoisotopic (exact) mass is 263 g/mol. The predicted molar refractivity (Wildman–Crippen MR) is 75.3 cm³/mol. The fourth-order valence-corrected chi connectivity index (χ4v) is 1.92. The largest absolute Gasteiger partial charge is 0.481 e. The molecule has 0 saturated carbocycles. The molecule has 0 bridgehead atoms. The molecule has 0 saturated heterocycles. The molecular weight excluding hydrogens is 242 g/mol. The maximum absolute atomic E-state index is 11.7. The highest BCUT2D eigenvalue weighted by Crippen LogP contribution is 2.16. The summed E-state index contributed by atoms with van der Waals surface area (Å²) < 4.78 is 0. The van der Waals surface area contributed by atoms with Gasteiger partial charge in [-0.1, -0.05) is 13.0 Å². The summed E-state index contributed by atoms with van der Waals surface area (Å²) >= 11 is 0. The van der Waals surface area contributed by atoms with E-state index in [0.717, 1.165) is 12.1 Å². The van der Waals surface area contributed by atoms with Gasteiger partial charge in [0.25, 0.3) is 0 Å². The van der Waals surface area contributed by atoms with Gasteiger partial charge in [-0.25, -0.2) is 0 Å². The maximum Gasteiger partial charge on any atom is 0.303 e. The summed E-state index contributed by atoms with van der Waals surface area (Å²) in [6.07, 6.45) is 2.57. The van der Waals surface area contributed by atoms with Gasteiger partial charge in [-0.2, -0.15) is 0 Å². The van der Waals surface area contributed by atoms with Crippen LogP contribution in [-0.2, 0) is 16.0 Å². The second kappa shape index (κ2) is 7.56. The summed E-state index contributed by atoms with van der Waals surface area (Å²) in [5.41, 5.74) is 3.26. The molecule has 0 unspecified atom stereocenters. The fourth-order valence-electron chi connectivity index (χ4n) is 1.92. The van der Waals surface area contributed by atoms with Crippen LogP contribution in [0.1, 0.15) is 43.7 Å². The van der Waals surface area contributed by atoms with Gasteiger partial charge in [-0.15, -0.1) is 0 Å². The maximum atomic E-state index is 11.7. The van der Waals surface area contributed by atoms with E-state index in [9.17, 15) is 9.59 Å². The lowest BCUT2D eigenvalue weighted by Gasteiger charge is -2.08. The van der Waals surface area contributed by atoms with Crippen LogP contribution in [0.25, 0.3) is 0 Å². The molecule has 1 aromatic rings. The number of amides is 1. The number of anilines is 1. The second-order valence-corrected chi connectivity index (χ2v) is 4.64. The van der Waals surface area contributed by atoms with Gasteiger partial charge in [0.1, 0.15) is 0 Å². The Labute approximate surface area is 113 Å². The van der Waals surface area contributed by atoms with Gasteiger partial charge < -0.3 is 10.4 Å². The molecular formula is C15H21NO3.